The first-order valence-electron chi connectivity index (χ1n) is 14.3. The van der Waals surface area contributed by atoms with E-state index in [2.05, 4.69) is 128 Å². The first kappa shape index (κ1) is 22.1. The smallest absolute Gasteiger partial charge is 0.139 e. The predicted molar refractivity (Wildman–Crippen MR) is 174 cm³/mol. The van der Waals surface area contributed by atoms with Crippen molar-refractivity contribution >= 4 is 71.7 Å². The van der Waals surface area contributed by atoms with Gasteiger partial charge in [-0.15, -0.1) is 0 Å². The summed E-state index contributed by atoms with van der Waals surface area (Å²) < 4.78 is 4.87. The standard InChI is InChI=1S/C37H23N5/c1-5-14-31-23(9-1)25-17-18-26-24-10-2-6-15-32(24)42-36(26)35(25)41(31)33-19-16-22(28-11-7-8-20-38-28)21-27(33)34-37(42)40-30-13-4-3-12-29(30)39-34/h1-21,30,40H. The summed E-state index contributed by atoms with van der Waals surface area (Å²) in [7, 11) is 0. The molecule has 196 valence electrons. The molecular weight excluding hydrogens is 514 g/mol. The van der Waals surface area contributed by atoms with Crippen LogP contribution in [-0.2, 0) is 0 Å². The van der Waals surface area contributed by atoms with Crippen molar-refractivity contribution in [1.82, 2.24) is 13.8 Å². The highest BCUT2D eigenvalue weighted by Crippen LogP contribution is 2.46. The molecule has 1 aliphatic heterocycles. The molecule has 4 aromatic heterocycles. The first-order chi connectivity index (χ1) is 20.8. The molecule has 1 atom stereocenters. The van der Waals surface area contributed by atoms with Gasteiger partial charge in [-0.2, -0.15) is 0 Å². The van der Waals surface area contributed by atoms with Gasteiger partial charge in [0.2, 0.25) is 0 Å². The van der Waals surface area contributed by atoms with Crippen LogP contribution in [0.4, 0.5) is 11.5 Å². The Labute approximate surface area is 240 Å². The van der Waals surface area contributed by atoms with Crippen molar-refractivity contribution < 1.29 is 0 Å². The van der Waals surface area contributed by atoms with Gasteiger partial charge < -0.3 is 9.72 Å². The monoisotopic (exact) mass is 537 g/mol. The molecule has 42 heavy (non-hydrogen) atoms. The average molecular weight is 538 g/mol. The van der Waals surface area contributed by atoms with Crippen LogP contribution in [0.5, 0.6) is 0 Å². The van der Waals surface area contributed by atoms with E-state index in [0.717, 1.165) is 44.9 Å². The van der Waals surface area contributed by atoms with Crippen molar-refractivity contribution in [3.05, 3.63) is 128 Å². The summed E-state index contributed by atoms with van der Waals surface area (Å²) in [4.78, 5) is 10.1. The number of hydrogen-bond donors (Lipinski definition) is 1. The summed E-state index contributed by atoms with van der Waals surface area (Å²) in [5.41, 5.74) is 9.79. The number of aromatic nitrogens is 3. The number of para-hydroxylation sites is 2. The lowest BCUT2D eigenvalue weighted by molar-refractivity contribution is 1.08. The Hall–Kier alpha value is -5.68. The lowest BCUT2D eigenvalue weighted by Gasteiger charge is -2.26. The van der Waals surface area contributed by atoms with Gasteiger partial charge in [0.25, 0.3) is 0 Å². The van der Waals surface area contributed by atoms with Crippen LogP contribution in [-0.4, -0.2) is 25.5 Å². The number of nitrogens with zero attached hydrogens (tertiary/aromatic N) is 4. The Kier molecular flexibility index (Phi) is 4.18. The Morgan fingerprint density at radius 2 is 1.33 bits per heavy atom. The number of rotatable bonds is 1. The van der Waals surface area contributed by atoms with Crippen LogP contribution in [0.15, 0.2) is 133 Å². The fourth-order valence-electron chi connectivity index (χ4n) is 7.11. The summed E-state index contributed by atoms with van der Waals surface area (Å²) in [6.45, 7) is 0. The Bertz CT molecular complexity index is 2540. The van der Waals surface area contributed by atoms with E-state index in [9.17, 15) is 0 Å². The maximum absolute atomic E-state index is 5.42. The fraction of sp³-hybridized carbons (Fsp3) is 0.0270. The normalized spacial score (nSPS) is 16.0. The molecule has 0 bridgehead atoms. The third kappa shape index (κ3) is 2.77. The van der Waals surface area contributed by atoms with Crippen LogP contribution in [0.3, 0.4) is 0 Å². The van der Waals surface area contributed by atoms with Gasteiger partial charge in [0.05, 0.1) is 45.0 Å². The number of fused-ring (bicyclic) bond motifs is 12. The summed E-state index contributed by atoms with van der Waals surface area (Å²) in [6, 6.07) is 34.8. The molecule has 1 aliphatic carbocycles. The van der Waals surface area contributed by atoms with E-state index in [4.69, 9.17) is 4.99 Å². The van der Waals surface area contributed by atoms with Gasteiger partial charge in [-0.1, -0.05) is 78.9 Å². The molecule has 1 unspecified atom stereocenters. The van der Waals surface area contributed by atoms with E-state index >= 15 is 0 Å². The minimum Gasteiger partial charge on any atom is -0.357 e. The molecule has 0 radical (unpaired) electrons. The van der Waals surface area contributed by atoms with Crippen molar-refractivity contribution in [2.75, 3.05) is 5.32 Å². The van der Waals surface area contributed by atoms with Crippen LogP contribution in [0.2, 0.25) is 0 Å². The highest BCUT2D eigenvalue weighted by Gasteiger charge is 2.27. The van der Waals surface area contributed by atoms with Gasteiger partial charge in [0.1, 0.15) is 11.5 Å². The van der Waals surface area contributed by atoms with E-state index in [0.29, 0.717) is 0 Å². The molecule has 8 aromatic rings. The molecule has 0 saturated heterocycles. The van der Waals surface area contributed by atoms with Crippen LogP contribution in [0.1, 0.15) is 0 Å². The fourth-order valence-corrected chi connectivity index (χ4v) is 7.11. The average Bonchev–Trinajstić information content (AvgIpc) is 3.57. The molecule has 1 N–H and O–H groups in total. The highest BCUT2D eigenvalue weighted by molar-refractivity contribution is 6.25. The maximum atomic E-state index is 5.42. The van der Waals surface area contributed by atoms with Crippen molar-refractivity contribution in [3.63, 3.8) is 0 Å². The lowest BCUT2D eigenvalue weighted by Crippen LogP contribution is -2.30. The second-order valence-electron chi connectivity index (χ2n) is 11.1. The third-order valence-corrected chi connectivity index (χ3v) is 8.90. The molecule has 0 saturated carbocycles. The zero-order valence-electron chi connectivity index (χ0n) is 22.5. The van der Waals surface area contributed by atoms with Crippen LogP contribution in [0, 0.1) is 0 Å². The molecule has 0 amide bonds. The van der Waals surface area contributed by atoms with Crippen molar-refractivity contribution in [3.8, 4) is 11.3 Å². The number of aliphatic imine (C=N–C) groups is 1. The van der Waals surface area contributed by atoms with E-state index in [1.807, 2.05) is 18.3 Å². The van der Waals surface area contributed by atoms with Crippen LogP contribution in [0.25, 0.3) is 65.8 Å². The van der Waals surface area contributed by atoms with Crippen molar-refractivity contribution in [2.24, 2.45) is 4.99 Å². The molecule has 5 heteroatoms. The van der Waals surface area contributed by atoms with E-state index in [1.165, 1.54) is 38.1 Å². The zero-order valence-corrected chi connectivity index (χ0v) is 22.5. The lowest BCUT2D eigenvalue weighted by atomic mass is 10.0. The SMILES string of the molecule is C1=CC2=Nc3c(n4c5ccccc5c5ccc6c7ccccc7n(c7ccc(-c8ccccn8)cc37)c6c54)NC2C=C1. The van der Waals surface area contributed by atoms with Crippen molar-refractivity contribution in [2.45, 2.75) is 6.04 Å². The van der Waals surface area contributed by atoms with Gasteiger partial charge in [-0.05, 0) is 42.5 Å². The van der Waals surface area contributed by atoms with Crippen molar-refractivity contribution in [1.29, 1.82) is 0 Å². The summed E-state index contributed by atoms with van der Waals surface area (Å²) in [6.07, 6.45) is 10.3. The van der Waals surface area contributed by atoms with E-state index < -0.39 is 0 Å². The van der Waals surface area contributed by atoms with E-state index in [1.54, 1.807) is 0 Å². The number of benzene rings is 4. The summed E-state index contributed by atoms with van der Waals surface area (Å²) in [5.74, 6) is 0.998. The van der Waals surface area contributed by atoms with Gasteiger partial charge in [0.15, 0.2) is 0 Å². The third-order valence-electron chi connectivity index (χ3n) is 8.90. The minimum absolute atomic E-state index is 0.00290. The largest absolute Gasteiger partial charge is 0.357 e. The number of anilines is 1. The number of pyridine rings is 1. The zero-order chi connectivity index (χ0) is 27.4. The molecule has 10 rings (SSSR count). The number of allylic oxidation sites excluding steroid dienone is 2. The van der Waals surface area contributed by atoms with Gasteiger partial charge >= 0.3 is 0 Å². The molecule has 2 aliphatic rings. The van der Waals surface area contributed by atoms with Crippen LogP contribution >= 0.6 is 0 Å². The minimum atomic E-state index is -0.00290. The molecule has 0 fully saturated rings. The quantitative estimate of drug-likeness (QED) is 0.227. The molecule has 5 heterocycles. The number of hydrogen-bond acceptors (Lipinski definition) is 3. The predicted octanol–water partition coefficient (Wildman–Crippen LogP) is 8.86. The van der Waals surface area contributed by atoms with E-state index in [-0.39, 0.29) is 6.04 Å². The Morgan fingerprint density at radius 1 is 0.619 bits per heavy atom. The Morgan fingerprint density at radius 3 is 2.12 bits per heavy atom. The molecule has 4 aromatic carbocycles. The first-order valence-corrected chi connectivity index (χ1v) is 14.3. The maximum Gasteiger partial charge on any atom is 0.139 e. The molecule has 0 spiro atoms. The topological polar surface area (TPSA) is 46.1 Å². The summed E-state index contributed by atoms with van der Waals surface area (Å²) in [5, 5.41) is 9.93. The van der Waals surface area contributed by atoms with Gasteiger partial charge in [-0.3, -0.25) is 9.38 Å². The second kappa shape index (κ2) is 7.95. The molecular formula is C37H23N5. The van der Waals surface area contributed by atoms with Gasteiger partial charge in [-0.25, -0.2) is 4.99 Å². The van der Waals surface area contributed by atoms with Crippen LogP contribution < -0.4 is 5.32 Å². The van der Waals surface area contributed by atoms with Gasteiger partial charge in [0, 0.05) is 38.7 Å². The Balaban J connectivity index is 1.55. The highest BCUT2D eigenvalue weighted by atomic mass is 15.1. The summed E-state index contributed by atoms with van der Waals surface area (Å²) >= 11 is 0. The molecule has 5 nitrogen and oxygen atoms in total. The second-order valence-corrected chi connectivity index (χ2v) is 11.1. The number of nitrogens with one attached hydrogen (secondary N) is 1.